The molecule has 0 unspecified atom stereocenters. The van der Waals surface area contributed by atoms with Gasteiger partial charge in [0.25, 0.3) is 0 Å². The minimum Gasteiger partial charge on any atom is -0.493 e. The van der Waals surface area contributed by atoms with Crippen LogP contribution < -0.4 is 14.2 Å². The van der Waals surface area contributed by atoms with E-state index in [9.17, 15) is 14.7 Å². The summed E-state index contributed by atoms with van der Waals surface area (Å²) in [6.07, 6.45) is 0.116. The highest BCUT2D eigenvalue weighted by Gasteiger charge is 2.40. The number of hydrogen-bond acceptors (Lipinski definition) is 5. The van der Waals surface area contributed by atoms with E-state index < -0.39 is 11.9 Å². The van der Waals surface area contributed by atoms with Crippen molar-refractivity contribution in [1.82, 2.24) is 4.90 Å². The second-order valence-corrected chi connectivity index (χ2v) is 6.97. The molecule has 0 bridgehead atoms. The van der Waals surface area contributed by atoms with E-state index in [2.05, 4.69) is 0 Å². The number of carbonyl (C=O) groups is 2. The zero-order valence-electron chi connectivity index (χ0n) is 16.8. The molecule has 0 radical (unpaired) electrons. The van der Waals surface area contributed by atoms with E-state index in [0.29, 0.717) is 29.4 Å². The van der Waals surface area contributed by atoms with Crippen LogP contribution in [0, 0.1) is 5.92 Å². The summed E-state index contributed by atoms with van der Waals surface area (Å²) in [5.74, 6) is -0.462. The number of carboxylic acids is 1. The monoisotopic (exact) mass is 399 g/mol. The van der Waals surface area contributed by atoms with Crippen LogP contribution in [0.15, 0.2) is 42.5 Å². The summed E-state index contributed by atoms with van der Waals surface area (Å²) in [5.41, 5.74) is 1.64. The molecule has 0 spiro atoms. The lowest BCUT2D eigenvalue weighted by Gasteiger charge is -2.18. The van der Waals surface area contributed by atoms with Gasteiger partial charge < -0.3 is 24.2 Å². The highest BCUT2D eigenvalue weighted by atomic mass is 16.5. The molecule has 2 aromatic rings. The van der Waals surface area contributed by atoms with Crippen LogP contribution in [-0.4, -0.2) is 56.3 Å². The molecule has 7 nitrogen and oxygen atoms in total. The second-order valence-electron chi connectivity index (χ2n) is 6.97. The largest absolute Gasteiger partial charge is 0.493 e. The summed E-state index contributed by atoms with van der Waals surface area (Å²) in [6, 6.07) is 12.9. The van der Waals surface area contributed by atoms with Gasteiger partial charge in [-0.3, -0.25) is 9.59 Å². The quantitative estimate of drug-likeness (QED) is 0.770. The number of amides is 1. The van der Waals surface area contributed by atoms with Crippen molar-refractivity contribution in [2.45, 2.75) is 12.3 Å². The molecule has 1 fully saturated rings. The number of carbonyl (C=O) groups excluding carboxylic acids is 1. The Labute approximate surface area is 169 Å². The zero-order chi connectivity index (χ0) is 21.0. The highest BCUT2D eigenvalue weighted by molar-refractivity contribution is 5.82. The van der Waals surface area contributed by atoms with Gasteiger partial charge in [0.2, 0.25) is 11.7 Å². The first-order valence-corrected chi connectivity index (χ1v) is 9.32. The molecule has 0 aromatic heterocycles. The molecule has 1 heterocycles. The van der Waals surface area contributed by atoms with Crippen LogP contribution in [0.5, 0.6) is 17.2 Å². The fourth-order valence-corrected chi connectivity index (χ4v) is 3.82. The summed E-state index contributed by atoms with van der Waals surface area (Å²) in [5, 5.41) is 9.64. The van der Waals surface area contributed by atoms with Crippen molar-refractivity contribution in [1.29, 1.82) is 0 Å². The van der Waals surface area contributed by atoms with Gasteiger partial charge >= 0.3 is 5.97 Å². The van der Waals surface area contributed by atoms with Crippen LogP contribution in [0.25, 0.3) is 0 Å². The molecule has 3 rings (SSSR count). The van der Waals surface area contributed by atoms with Gasteiger partial charge in [0.1, 0.15) is 0 Å². The summed E-state index contributed by atoms with van der Waals surface area (Å²) in [4.78, 5) is 26.3. The molecule has 2 aromatic carbocycles. The Kier molecular flexibility index (Phi) is 6.26. The summed E-state index contributed by atoms with van der Waals surface area (Å²) >= 11 is 0. The fourth-order valence-electron chi connectivity index (χ4n) is 3.82. The number of rotatable bonds is 7. The lowest BCUT2D eigenvalue weighted by molar-refractivity contribution is -0.141. The fraction of sp³-hybridized carbons (Fsp3) is 0.364. The SMILES string of the molecule is COc1cc(CC(=O)N2C[C@H](C(=O)O)[C@H](c3ccccc3)C2)cc(OC)c1OC. The maximum absolute atomic E-state index is 12.9. The summed E-state index contributed by atoms with van der Waals surface area (Å²) < 4.78 is 16.0. The molecule has 1 amide bonds. The Balaban J connectivity index is 1.80. The standard InChI is InChI=1S/C22H25NO6/c1-27-18-9-14(10-19(28-2)21(18)29-3)11-20(24)23-12-16(17(13-23)22(25)26)15-7-5-4-6-8-15/h4-10,16-17H,11-13H2,1-3H3,(H,25,26)/t16-,17-/m0/s1. The second kappa shape index (κ2) is 8.86. The van der Waals surface area contributed by atoms with Crippen LogP contribution in [-0.2, 0) is 16.0 Å². The first-order chi connectivity index (χ1) is 14.0. The van der Waals surface area contributed by atoms with Crippen LogP contribution in [0.3, 0.4) is 0 Å². The molecule has 0 saturated carbocycles. The molecule has 7 heteroatoms. The highest BCUT2D eigenvalue weighted by Crippen LogP contribution is 2.39. The Bertz CT molecular complexity index is 857. The lowest BCUT2D eigenvalue weighted by atomic mass is 9.89. The van der Waals surface area contributed by atoms with Gasteiger partial charge in [-0.2, -0.15) is 0 Å². The van der Waals surface area contributed by atoms with Gasteiger partial charge in [0, 0.05) is 19.0 Å². The van der Waals surface area contributed by atoms with Gasteiger partial charge in [-0.05, 0) is 23.3 Å². The Morgan fingerprint density at radius 1 is 1.00 bits per heavy atom. The van der Waals surface area contributed by atoms with Crippen molar-refractivity contribution >= 4 is 11.9 Å². The number of likely N-dealkylation sites (tertiary alicyclic amines) is 1. The Morgan fingerprint density at radius 3 is 2.14 bits per heavy atom. The predicted octanol–water partition coefficient (Wildman–Crippen LogP) is 2.58. The van der Waals surface area contributed by atoms with Gasteiger partial charge in [0.05, 0.1) is 33.7 Å². The zero-order valence-corrected chi connectivity index (χ0v) is 16.8. The smallest absolute Gasteiger partial charge is 0.308 e. The maximum atomic E-state index is 12.9. The molecular weight excluding hydrogens is 374 g/mol. The third-order valence-electron chi connectivity index (χ3n) is 5.30. The van der Waals surface area contributed by atoms with Crippen molar-refractivity contribution in [2.24, 2.45) is 5.92 Å². The molecule has 1 N–H and O–H groups in total. The topological polar surface area (TPSA) is 85.3 Å². The van der Waals surface area contributed by atoms with E-state index in [1.165, 1.54) is 21.3 Å². The van der Waals surface area contributed by atoms with Gasteiger partial charge in [-0.25, -0.2) is 0 Å². The number of aliphatic carboxylic acids is 1. The molecule has 0 aliphatic carbocycles. The van der Waals surface area contributed by atoms with E-state index in [1.807, 2.05) is 30.3 Å². The molecule has 1 saturated heterocycles. The number of methoxy groups -OCH3 is 3. The predicted molar refractivity (Wildman–Crippen MR) is 107 cm³/mol. The Hall–Kier alpha value is -3.22. The van der Waals surface area contributed by atoms with Gasteiger partial charge in [-0.15, -0.1) is 0 Å². The minimum absolute atomic E-state index is 0.116. The molecule has 1 aliphatic rings. The van der Waals surface area contributed by atoms with E-state index >= 15 is 0 Å². The number of carboxylic acid groups (broad SMARTS) is 1. The average Bonchev–Trinajstić information content (AvgIpc) is 3.19. The number of hydrogen-bond donors (Lipinski definition) is 1. The van der Waals surface area contributed by atoms with Crippen molar-refractivity contribution < 1.29 is 28.9 Å². The maximum Gasteiger partial charge on any atom is 0.308 e. The van der Waals surface area contributed by atoms with Crippen molar-refractivity contribution in [3.8, 4) is 17.2 Å². The number of nitrogens with zero attached hydrogens (tertiary/aromatic N) is 1. The molecule has 1 aliphatic heterocycles. The van der Waals surface area contributed by atoms with E-state index in [4.69, 9.17) is 14.2 Å². The first-order valence-electron chi connectivity index (χ1n) is 9.32. The van der Waals surface area contributed by atoms with Crippen molar-refractivity contribution in [3.63, 3.8) is 0 Å². The van der Waals surface area contributed by atoms with Gasteiger partial charge in [-0.1, -0.05) is 30.3 Å². The van der Waals surface area contributed by atoms with Crippen LogP contribution in [0.2, 0.25) is 0 Å². The molecular formula is C22H25NO6. The van der Waals surface area contributed by atoms with Crippen molar-refractivity contribution in [2.75, 3.05) is 34.4 Å². The number of ether oxygens (including phenoxy) is 3. The first kappa shape index (κ1) is 20.5. The summed E-state index contributed by atoms with van der Waals surface area (Å²) in [6.45, 7) is 0.572. The third kappa shape index (κ3) is 4.29. The molecule has 154 valence electrons. The third-order valence-corrected chi connectivity index (χ3v) is 5.30. The van der Waals surface area contributed by atoms with E-state index in [-0.39, 0.29) is 24.8 Å². The van der Waals surface area contributed by atoms with Crippen LogP contribution in [0.4, 0.5) is 0 Å². The lowest BCUT2D eigenvalue weighted by Crippen LogP contribution is -2.31. The summed E-state index contributed by atoms with van der Waals surface area (Å²) in [7, 11) is 4.56. The Morgan fingerprint density at radius 2 is 1.62 bits per heavy atom. The van der Waals surface area contributed by atoms with E-state index in [1.54, 1.807) is 17.0 Å². The van der Waals surface area contributed by atoms with E-state index in [0.717, 1.165) is 5.56 Å². The van der Waals surface area contributed by atoms with Gasteiger partial charge in [0.15, 0.2) is 11.5 Å². The normalized spacial score (nSPS) is 18.4. The van der Waals surface area contributed by atoms with Crippen LogP contribution >= 0.6 is 0 Å². The van der Waals surface area contributed by atoms with Crippen molar-refractivity contribution in [3.05, 3.63) is 53.6 Å². The average molecular weight is 399 g/mol. The molecule has 2 atom stereocenters. The minimum atomic E-state index is -0.887. The number of benzene rings is 2. The molecule has 29 heavy (non-hydrogen) atoms. The van der Waals surface area contributed by atoms with Crippen LogP contribution in [0.1, 0.15) is 17.0 Å².